The lowest BCUT2D eigenvalue weighted by molar-refractivity contribution is 0.141. The Morgan fingerprint density at radius 3 is 2.86 bits per heavy atom. The van der Waals surface area contributed by atoms with Crippen molar-refractivity contribution in [2.24, 2.45) is 0 Å². The van der Waals surface area contributed by atoms with E-state index < -0.39 is 0 Å². The minimum atomic E-state index is 0.305. The molecule has 0 saturated heterocycles. The van der Waals surface area contributed by atoms with Gasteiger partial charge in [-0.1, -0.05) is 25.8 Å². The summed E-state index contributed by atoms with van der Waals surface area (Å²) < 4.78 is 5.50. The molecule has 1 aromatic carbocycles. The van der Waals surface area contributed by atoms with Gasteiger partial charge in [0.15, 0.2) is 0 Å². The first-order valence-corrected chi connectivity index (χ1v) is 8.43. The van der Waals surface area contributed by atoms with E-state index in [-0.39, 0.29) is 0 Å². The molecule has 2 aliphatic rings. The van der Waals surface area contributed by atoms with Crippen LogP contribution in [0.5, 0.6) is 5.75 Å². The van der Waals surface area contributed by atoms with Crippen molar-refractivity contribution in [2.75, 3.05) is 14.2 Å². The zero-order valence-electron chi connectivity index (χ0n) is 14.0. The van der Waals surface area contributed by atoms with Crippen LogP contribution in [0.1, 0.15) is 57.1 Å². The summed E-state index contributed by atoms with van der Waals surface area (Å²) in [6, 6.07) is 8.09. The Balaban J connectivity index is 2.11. The van der Waals surface area contributed by atoms with Gasteiger partial charge in [0.2, 0.25) is 0 Å². The number of hydrogen-bond donors (Lipinski definition) is 0. The van der Waals surface area contributed by atoms with E-state index in [0.29, 0.717) is 11.5 Å². The first kappa shape index (κ1) is 14.9. The van der Waals surface area contributed by atoms with Gasteiger partial charge in [-0.15, -0.1) is 0 Å². The highest BCUT2D eigenvalue weighted by Gasteiger charge is 2.38. The molecule has 2 bridgehead atoms. The molecule has 0 aromatic heterocycles. The average Bonchev–Trinajstić information content (AvgIpc) is 2.69. The summed E-state index contributed by atoms with van der Waals surface area (Å²) in [6.07, 6.45) is 7.83. The molecule has 0 N–H and O–H groups in total. The molecule has 1 heterocycles. The van der Waals surface area contributed by atoms with Crippen molar-refractivity contribution in [1.82, 2.24) is 4.90 Å². The number of hydrogen-bond acceptors (Lipinski definition) is 2. The van der Waals surface area contributed by atoms with Crippen LogP contribution in [0.25, 0.3) is 0 Å². The van der Waals surface area contributed by atoms with E-state index in [1.54, 1.807) is 12.7 Å². The van der Waals surface area contributed by atoms with Crippen LogP contribution >= 0.6 is 0 Å². The Labute approximate surface area is 129 Å². The molecule has 0 unspecified atom stereocenters. The number of nitrogens with zero attached hydrogens (tertiary/aromatic N) is 1. The van der Waals surface area contributed by atoms with E-state index in [1.165, 1.54) is 37.7 Å². The highest BCUT2D eigenvalue weighted by atomic mass is 16.5. The van der Waals surface area contributed by atoms with Crippen LogP contribution in [0.4, 0.5) is 0 Å². The minimum absolute atomic E-state index is 0.305. The normalized spacial score (nSPS) is 33.5. The lowest BCUT2D eigenvalue weighted by Crippen LogP contribution is -2.45. The fourth-order valence-electron chi connectivity index (χ4n) is 4.46. The minimum Gasteiger partial charge on any atom is -0.497 e. The van der Waals surface area contributed by atoms with E-state index in [1.807, 2.05) is 0 Å². The number of methoxy groups -OCH3 is 1. The van der Waals surface area contributed by atoms with Gasteiger partial charge in [0.25, 0.3) is 0 Å². The zero-order chi connectivity index (χ0) is 15.0. The number of rotatable bonds is 1. The van der Waals surface area contributed by atoms with E-state index in [4.69, 9.17) is 4.74 Å². The smallest absolute Gasteiger partial charge is 0.119 e. The Morgan fingerprint density at radius 2 is 2.10 bits per heavy atom. The van der Waals surface area contributed by atoms with E-state index >= 15 is 0 Å². The van der Waals surface area contributed by atoms with Gasteiger partial charge in [-0.2, -0.15) is 0 Å². The van der Waals surface area contributed by atoms with Gasteiger partial charge in [0.1, 0.15) is 5.75 Å². The molecule has 0 spiro atoms. The molecule has 1 aromatic rings. The summed E-state index contributed by atoms with van der Waals surface area (Å²) in [6.45, 7) is 4.86. The van der Waals surface area contributed by atoms with E-state index in [0.717, 1.165) is 18.2 Å². The molecule has 3 atom stereocenters. The number of benzene rings is 1. The van der Waals surface area contributed by atoms with Crippen LogP contribution < -0.4 is 4.74 Å². The second kappa shape index (κ2) is 5.64. The fourth-order valence-corrected chi connectivity index (χ4v) is 4.46. The molecule has 0 amide bonds. The Bertz CT molecular complexity index is 512. The molecule has 1 aliphatic heterocycles. The summed E-state index contributed by atoms with van der Waals surface area (Å²) in [5.74, 6) is 1.01. The maximum absolute atomic E-state index is 5.50. The van der Waals surface area contributed by atoms with Crippen molar-refractivity contribution in [1.29, 1.82) is 0 Å². The molecular formula is C19H29NO. The quantitative estimate of drug-likeness (QED) is 0.769. The van der Waals surface area contributed by atoms with Gasteiger partial charge in [-0.05, 0) is 68.3 Å². The molecule has 1 aliphatic carbocycles. The molecule has 2 heteroatoms. The molecule has 0 radical (unpaired) electrons. The molecule has 116 valence electrons. The summed E-state index contributed by atoms with van der Waals surface area (Å²) in [4.78, 5) is 2.64. The highest BCUT2D eigenvalue weighted by Crippen LogP contribution is 2.44. The van der Waals surface area contributed by atoms with Gasteiger partial charge in [0, 0.05) is 12.1 Å². The van der Waals surface area contributed by atoms with Crippen molar-refractivity contribution in [3.05, 3.63) is 29.3 Å². The third-order valence-electron chi connectivity index (χ3n) is 5.96. The summed E-state index contributed by atoms with van der Waals surface area (Å²) in [7, 11) is 4.11. The summed E-state index contributed by atoms with van der Waals surface area (Å²) in [5.41, 5.74) is 3.38. The zero-order valence-corrected chi connectivity index (χ0v) is 14.0. The first-order valence-electron chi connectivity index (χ1n) is 8.43. The molecule has 1 fully saturated rings. The van der Waals surface area contributed by atoms with E-state index in [9.17, 15) is 0 Å². The van der Waals surface area contributed by atoms with Gasteiger partial charge >= 0.3 is 0 Å². The topological polar surface area (TPSA) is 12.5 Å². The monoisotopic (exact) mass is 287 g/mol. The number of likely N-dealkylation sites (N-methyl/N-ethyl adjacent to an activating group) is 1. The third kappa shape index (κ3) is 2.70. The predicted octanol–water partition coefficient (Wildman–Crippen LogP) is 4.16. The van der Waals surface area contributed by atoms with Crippen LogP contribution in [0.2, 0.25) is 0 Å². The summed E-state index contributed by atoms with van der Waals surface area (Å²) >= 11 is 0. The van der Waals surface area contributed by atoms with Crippen LogP contribution in [0.3, 0.4) is 0 Å². The van der Waals surface area contributed by atoms with Gasteiger partial charge in [-0.3, -0.25) is 0 Å². The standard InChI is InChI=1S/C19H29NO/c1-14-11-15-8-9-17(21-4)12-18(15)19(2)10-6-5-7-16(13-19)20(14)3/h8-9,12,14,16H,5-7,10-11,13H2,1-4H3/t14-,16+,19+/m1/s1. The SMILES string of the molecule is COc1ccc2c(c1)[C@@]1(C)CCCC[C@@H](C1)N(C)[C@H](C)C2. The highest BCUT2D eigenvalue weighted by molar-refractivity contribution is 5.41. The Morgan fingerprint density at radius 1 is 1.29 bits per heavy atom. The first-order chi connectivity index (χ1) is 10.0. The van der Waals surface area contributed by atoms with Crippen molar-refractivity contribution >= 4 is 0 Å². The molecule has 1 saturated carbocycles. The maximum atomic E-state index is 5.50. The number of fused-ring (bicyclic) bond motifs is 4. The van der Waals surface area contributed by atoms with Crippen LogP contribution in [-0.2, 0) is 11.8 Å². The Hall–Kier alpha value is -1.02. The van der Waals surface area contributed by atoms with Gasteiger partial charge in [-0.25, -0.2) is 0 Å². The molecular weight excluding hydrogens is 258 g/mol. The third-order valence-corrected chi connectivity index (χ3v) is 5.96. The van der Waals surface area contributed by atoms with E-state index in [2.05, 4.69) is 44.0 Å². The van der Waals surface area contributed by atoms with Crippen molar-refractivity contribution in [3.63, 3.8) is 0 Å². The fraction of sp³-hybridized carbons (Fsp3) is 0.684. The lowest BCUT2D eigenvalue weighted by Gasteiger charge is -2.42. The van der Waals surface area contributed by atoms with Crippen molar-refractivity contribution in [2.45, 2.75) is 69.9 Å². The van der Waals surface area contributed by atoms with Crippen LogP contribution in [0, 0.1) is 0 Å². The molecule has 2 nitrogen and oxygen atoms in total. The maximum Gasteiger partial charge on any atom is 0.119 e. The summed E-state index contributed by atoms with van der Waals surface area (Å²) in [5, 5.41) is 0. The average molecular weight is 287 g/mol. The van der Waals surface area contributed by atoms with Gasteiger partial charge < -0.3 is 9.64 Å². The second-order valence-corrected chi connectivity index (χ2v) is 7.41. The largest absolute Gasteiger partial charge is 0.497 e. The number of ether oxygens (including phenoxy) is 1. The second-order valence-electron chi connectivity index (χ2n) is 7.41. The lowest BCUT2D eigenvalue weighted by atomic mass is 9.71. The molecule has 21 heavy (non-hydrogen) atoms. The van der Waals surface area contributed by atoms with Crippen molar-refractivity contribution in [3.8, 4) is 5.75 Å². The van der Waals surface area contributed by atoms with Crippen LogP contribution in [0.15, 0.2) is 18.2 Å². The predicted molar refractivity (Wildman–Crippen MR) is 88.1 cm³/mol. The van der Waals surface area contributed by atoms with Gasteiger partial charge in [0.05, 0.1) is 7.11 Å². The molecule has 3 rings (SSSR count). The van der Waals surface area contributed by atoms with Crippen LogP contribution in [-0.4, -0.2) is 31.1 Å². The Kier molecular flexibility index (Phi) is 4.00. The van der Waals surface area contributed by atoms with Crippen molar-refractivity contribution < 1.29 is 4.74 Å².